The highest BCUT2D eigenvalue weighted by molar-refractivity contribution is 6.03. The van der Waals surface area contributed by atoms with Crippen LogP contribution in [-0.4, -0.2) is 48.0 Å². The van der Waals surface area contributed by atoms with Crippen molar-refractivity contribution in [2.45, 2.75) is 52.7 Å². The lowest BCUT2D eigenvalue weighted by Crippen LogP contribution is -2.49. The first-order valence-corrected chi connectivity index (χ1v) is 9.47. The van der Waals surface area contributed by atoms with Crippen molar-refractivity contribution in [2.75, 3.05) is 19.7 Å². The normalized spacial score (nSPS) is 20.3. The molecule has 0 N–H and O–H groups in total. The van der Waals surface area contributed by atoms with Gasteiger partial charge in [-0.2, -0.15) is 0 Å². The van der Waals surface area contributed by atoms with Gasteiger partial charge in [0, 0.05) is 25.2 Å². The van der Waals surface area contributed by atoms with Crippen molar-refractivity contribution in [1.29, 1.82) is 0 Å². The van der Waals surface area contributed by atoms with Crippen LogP contribution in [0.5, 0.6) is 0 Å². The van der Waals surface area contributed by atoms with Crippen LogP contribution in [0.1, 0.15) is 52.6 Å². The summed E-state index contributed by atoms with van der Waals surface area (Å²) < 4.78 is 10.7. The summed E-state index contributed by atoms with van der Waals surface area (Å²) in [6.07, 6.45) is 0.117. The van der Waals surface area contributed by atoms with Crippen molar-refractivity contribution in [3.63, 3.8) is 0 Å². The molecule has 1 saturated heterocycles. The van der Waals surface area contributed by atoms with E-state index in [4.69, 9.17) is 14.5 Å². The lowest BCUT2D eigenvalue weighted by atomic mass is 9.95. The number of amides is 1. The Bertz CT molecular complexity index is 679. The molecule has 148 valence electrons. The number of nitrogens with zero attached hydrogens (tertiary/aromatic N) is 2. The van der Waals surface area contributed by atoms with Crippen LogP contribution < -0.4 is 0 Å². The zero-order chi connectivity index (χ0) is 20.0. The smallest absolute Gasteiger partial charge is 0.410 e. The lowest BCUT2D eigenvalue weighted by Gasteiger charge is -2.34. The Kier molecular flexibility index (Phi) is 6.99. The molecule has 27 heavy (non-hydrogen) atoms. The van der Waals surface area contributed by atoms with Gasteiger partial charge in [-0.05, 0) is 40.2 Å². The minimum absolute atomic E-state index is 0.0637. The summed E-state index contributed by atoms with van der Waals surface area (Å²) in [7, 11) is 0. The molecule has 0 radical (unpaired) electrons. The summed E-state index contributed by atoms with van der Waals surface area (Å²) in [5.41, 5.74) is 1.29. The fourth-order valence-corrected chi connectivity index (χ4v) is 3.00. The number of piperidine rings is 1. The number of hydrogen-bond acceptors (Lipinski definition) is 5. The van der Waals surface area contributed by atoms with E-state index in [1.165, 1.54) is 0 Å². The average molecular weight is 374 g/mol. The number of ether oxygens (including phenoxy) is 2. The first kappa shape index (κ1) is 20.9. The fraction of sp³-hybridized carbons (Fsp3) is 0.571. The zero-order valence-corrected chi connectivity index (χ0v) is 16.9. The molecule has 0 saturated carbocycles. The van der Waals surface area contributed by atoms with Crippen molar-refractivity contribution in [3.05, 3.63) is 35.9 Å². The molecule has 1 heterocycles. The summed E-state index contributed by atoms with van der Waals surface area (Å²) in [5.74, 6) is -0.901. The van der Waals surface area contributed by atoms with E-state index in [0.717, 1.165) is 11.3 Å². The van der Waals surface area contributed by atoms with E-state index >= 15 is 0 Å². The van der Waals surface area contributed by atoms with E-state index in [-0.39, 0.29) is 18.6 Å². The molecule has 0 aromatic heterocycles. The van der Waals surface area contributed by atoms with Gasteiger partial charge in [0.05, 0.1) is 12.6 Å². The number of rotatable bonds is 4. The Labute approximate surface area is 161 Å². The van der Waals surface area contributed by atoms with Crippen LogP contribution in [-0.2, 0) is 14.3 Å². The topological polar surface area (TPSA) is 68.2 Å². The second-order valence-corrected chi connectivity index (χ2v) is 7.69. The van der Waals surface area contributed by atoms with Crippen molar-refractivity contribution in [2.24, 2.45) is 10.9 Å². The Morgan fingerprint density at radius 3 is 2.52 bits per heavy atom. The molecule has 6 heteroatoms. The molecule has 2 unspecified atom stereocenters. The maximum Gasteiger partial charge on any atom is 0.410 e. The summed E-state index contributed by atoms with van der Waals surface area (Å²) in [6, 6.07) is 9.88. The molecule has 1 aliphatic heterocycles. The van der Waals surface area contributed by atoms with Crippen LogP contribution >= 0.6 is 0 Å². The van der Waals surface area contributed by atoms with E-state index in [2.05, 4.69) is 0 Å². The van der Waals surface area contributed by atoms with Crippen molar-refractivity contribution in [3.8, 4) is 0 Å². The van der Waals surface area contributed by atoms with Gasteiger partial charge in [0.1, 0.15) is 11.5 Å². The molecule has 1 fully saturated rings. The van der Waals surface area contributed by atoms with Gasteiger partial charge in [-0.15, -0.1) is 0 Å². The van der Waals surface area contributed by atoms with Crippen LogP contribution in [0, 0.1) is 5.92 Å². The number of hydrogen-bond donors (Lipinski definition) is 0. The highest BCUT2D eigenvalue weighted by Crippen LogP contribution is 2.23. The minimum Gasteiger partial charge on any atom is -0.465 e. The third-order valence-electron chi connectivity index (χ3n) is 4.31. The van der Waals surface area contributed by atoms with Gasteiger partial charge in [-0.25, -0.2) is 4.79 Å². The highest BCUT2D eigenvalue weighted by atomic mass is 16.6. The molecule has 1 aromatic carbocycles. The Balaban J connectivity index is 2.19. The van der Waals surface area contributed by atoms with Gasteiger partial charge in [-0.3, -0.25) is 9.79 Å². The highest BCUT2D eigenvalue weighted by Gasteiger charge is 2.36. The standard InChI is InChI=1S/C21H30N2O4/c1-6-26-19(24)17-14-23(20(25)27-21(3,4)5)13-12-18(17)22-15(2)16-10-8-7-9-11-16/h7-11,15,17H,6,12-14H2,1-5H3. The Morgan fingerprint density at radius 1 is 1.26 bits per heavy atom. The third-order valence-corrected chi connectivity index (χ3v) is 4.31. The Morgan fingerprint density at radius 2 is 1.93 bits per heavy atom. The predicted octanol–water partition coefficient (Wildman–Crippen LogP) is 4.01. The summed E-state index contributed by atoms with van der Waals surface area (Å²) >= 11 is 0. The molecular weight excluding hydrogens is 344 g/mol. The second-order valence-electron chi connectivity index (χ2n) is 7.69. The number of benzene rings is 1. The van der Waals surface area contributed by atoms with Crippen molar-refractivity contribution >= 4 is 17.8 Å². The van der Waals surface area contributed by atoms with Gasteiger partial charge in [-0.1, -0.05) is 30.3 Å². The van der Waals surface area contributed by atoms with E-state index in [1.807, 2.05) is 58.0 Å². The molecule has 1 aliphatic rings. The minimum atomic E-state index is -0.577. The molecule has 2 rings (SSSR count). The van der Waals surface area contributed by atoms with E-state index < -0.39 is 17.6 Å². The quantitative estimate of drug-likeness (QED) is 0.747. The van der Waals surface area contributed by atoms with Crippen LogP contribution in [0.25, 0.3) is 0 Å². The van der Waals surface area contributed by atoms with Crippen LogP contribution in [0.2, 0.25) is 0 Å². The van der Waals surface area contributed by atoms with E-state index in [0.29, 0.717) is 19.6 Å². The summed E-state index contributed by atoms with van der Waals surface area (Å²) in [5, 5.41) is 0. The number of esters is 1. The summed E-state index contributed by atoms with van der Waals surface area (Å²) in [4.78, 5) is 31.3. The fourth-order valence-electron chi connectivity index (χ4n) is 3.00. The largest absolute Gasteiger partial charge is 0.465 e. The molecule has 0 spiro atoms. The monoisotopic (exact) mass is 374 g/mol. The van der Waals surface area contributed by atoms with Crippen LogP contribution in [0.3, 0.4) is 0 Å². The van der Waals surface area contributed by atoms with Crippen LogP contribution in [0.15, 0.2) is 35.3 Å². The molecule has 0 aliphatic carbocycles. The van der Waals surface area contributed by atoms with Gasteiger partial charge in [0.25, 0.3) is 0 Å². The molecule has 1 amide bonds. The van der Waals surface area contributed by atoms with Gasteiger partial charge in [0.15, 0.2) is 0 Å². The van der Waals surface area contributed by atoms with Gasteiger partial charge >= 0.3 is 12.1 Å². The van der Waals surface area contributed by atoms with Crippen molar-refractivity contribution in [1.82, 2.24) is 4.90 Å². The van der Waals surface area contributed by atoms with E-state index in [9.17, 15) is 9.59 Å². The number of carbonyl (C=O) groups is 2. The van der Waals surface area contributed by atoms with E-state index in [1.54, 1.807) is 11.8 Å². The predicted molar refractivity (Wildman–Crippen MR) is 105 cm³/mol. The maximum absolute atomic E-state index is 12.5. The first-order valence-electron chi connectivity index (χ1n) is 9.47. The second kappa shape index (κ2) is 9.02. The van der Waals surface area contributed by atoms with Gasteiger partial charge in [0.2, 0.25) is 0 Å². The SMILES string of the molecule is CCOC(=O)C1CN(C(=O)OC(C)(C)C)CCC1=NC(C)c1ccccc1. The molecule has 6 nitrogen and oxygen atoms in total. The van der Waals surface area contributed by atoms with Gasteiger partial charge < -0.3 is 14.4 Å². The first-order chi connectivity index (χ1) is 12.7. The third kappa shape index (κ3) is 6.08. The molecular formula is C21H30N2O4. The average Bonchev–Trinajstić information content (AvgIpc) is 2.61. The maximum atomic E-state index is 12.5. The molecule has 1 aromatic rings. The number of likely N-dealkylation sites (tertiary alicyclic amines) is 1. The number of carbonyl (C=O) groups excluding carboxylic acids is 2. The lowest BCUT2D eigenvalue weighted by molar-refractivity contribution is -0.146. The van der Waals surface area contributed by atoms with Crippen LogP contribution in [0.4, 0.5) is 4.79 Å². The Hall–Kier alpha value is -2.37. The molecule has 0 bridgehead atoms. The summed E-state index contributed by atoms with van der Waals surface area (Å²) in [6.45, 7) is 10.3. The number of aliphatic imine (C=N–C) groups is 1. The zero-order valence-electron chi connectivity index (χ0n) is 16.9. The molecule has 2 atom stereocenters. The van der Waals surface area contributed by atoms with Crippen molar-refractivity contribution < 1.29 is 19.1 Å².